The summed E-state index contributed by atoms with van der Waals surface area (Å²) in [6.45, 7) is 3.99. The van der Waals surface area contributed by atoms with Crippen LogP contribution in [0.5, 0.6) is 0 Å². The fourth-order valence-corrected chi connectivity index (χ4v) is 2.60. The van der Waals surface area contributed by atoms with E-state index in [0.29, 0.717) is 17.0 Å². The average molecular weight is 379 g/mol. The van der Waals surface area contributed by atoms with Gasteiger partial charge in [-0.1, -0.05) is 19.8 Å². The lowest BCUT2D eigenvalue weighted by molar-refractivity contribution is 0.575. The molecule has 0 spiro atoms. The molecule has 23 heavy (non-hydrogen) atoms. The second-order valence-electron chi connectivity index (χ2n) is 5.58. The highest BCUT2D eigenvalue weighted by Gasteiger charge is 2.14. The third-order valence-electron chi connectivity index (χ3n) is 3.09. The van der Waals surface area contributed by atoms with Gasteiger partial charge in [-0.25, -0.2) is 13.8 Å². The van der Waals surface area contributed by atoms with Gasteiger partial charge in [0.1, 0.15) is 17.3 Å². The lowest BCUT2D eigenvalue weighted by Gasteiger charge is -2.13. The molecule has 0 aliphatic carbocycles. The van der Waals surface area contributed by atoms with Crippen molar-refractivity contribution in [3.05, 3.63) is 63.4 Å². The van der Waals surface area contributed by atoms with Gasteiger partial charge in [0.2, 0.25) is 0 Å². The van der Waals surface area contributed by atoms with Crippen molar-refractivity contribution in [3.63, 3.8) is 0 Å². The summed E-state index contributed by atoms with van der Waals surface area (Å²) in [4.78, 5) is 4.45. The molecule has 0 radical (unpaired) electrons. The first-order chi connectivity index (χ1) is 10.8. The number of nitrogens with zero attached hydrogens (tertiary/aromatic N) is 1. The van der Waals surface area contributed by atoms with E-state index in [1.54, 1.807) is 6.07 Å². The van der Waals surface area contributed by atoms with E-state index in [9.17, 15) is 8.78 Å². The molecule has 0 aliphatic heterocycles. The molecule has 1 atom stereocenters. The summed E-state index contributed by atoms with van der Waals surface area (Å²) in [7, 11) is 0. The van der Waals surface area contributed by atoms with Gasteiger partial charge in [0.05, 0.1) is 11.7 Å². The molecular formula is C18H17BrF2N2. The first-order valence-electron chi connectivity index (χ1n) is 7.23. The van der Waals surface area contributed by atoms with Crippen molar-refractivity contribution in [1.29, 1.82) is 0 Å². The first-order valence-corrected chi connectivity index (χ1v) is 8.03. The number of hydrogen-bond donors (Lipinski definition) is 1. The minimum absolute atomic E-state index is 0.243. The molecule has 0 bridgehead atoms. The van der Waals surface area contributed by atoms with E-state index in [1.165, 1.54) is 12.1 Å². The van der Waals surface area contributed by atoms with Gasteiger partial charge in [-0.3, -0.25) is 0 Å². The van der Waals surface area contributed by atoms with E-state index in [0.717, 1.165) is 10.5 Å². The maximum Gasteiger partial charge on any atom is 0.126 e. The van der Waals surface area contributed by atoms with Gasteiger partial charge in [-0.2, -0.15) is 0 Å². The number of halogens is 3. The number of rotatable bonds is 3. The molecule has 0 aliphatic rings. The molecule has 1 unspecified atom stereocenters. The maximum absolute atomic E-state index is 13.3. The van der Waals surface area contributed by atoms with E-state index in [1.807, 2.05) is 19.9 Å². The smallest absolute Gasteiger partial charge is 0.126 e. The zero-order valence-corrected chi connectivity index (χ0v) is 14.5. The van der Waals surface area contributed by atoms with Crippen LogP contribution < -0.4 is 5.73 Å². The largest absolute Gasteiger partial charge is 0.322 e. The number of benzene rings is 1. The van der Waals surface area contributed by atoms with Crippen LogP contribution in [0.1, 0.15) is 36.8 Å². The number of pyridine rings is 1. The summed E-state index contributed by atoms with van der Waals surface area (Å²) in [5, 5.41) is 0. The van der Waals surface area contributed by atoms with Crippen LogP contribution in [0.15, 0.2) is 34.8 Å². The molecule has 0 fully saturated rings. The second-order valence-corrected chi connectivity index (χ2v) is 6.43. The molecule has 120 valence electrons. The van der Waals surface area contributed by atoms with Crippen LogP contribution in [0.4, 0.5) is 8.78 Å². The first kappa shape index (κ1) is 17.6. The Balaban J connectivity index is 2.26. The van der Waals surface area contributed by atoms with E-state index < -0.39 is 17.7 Å². The summed E-state index contributed by atoms with van der Waals surface area (Å²) in [5.74, 6) is 5.05. The number of hydrogen-bond acceptors (Lipinski definition) is 2. The summed E-state index contributed by atoms with van der Waals surface area (Å²) < 4.78 is 27.3. The maximum atomic E-state index is 13.3. The molecule has 2 rings (SSSR count). The Morgan fingerprint density at radius 1 is 1.17 bits per heavy atom. The molecule has 1 heterocycles. The van der Waals surface area contributed by atoms with Crippen LogP contribution in [0.25, 0.3) is 0 Å². The summed E-state index contributed by atoms with van der Waals surface area (Å²) in [5.41, 5.74) is 7.89. The Hall–Kier alpha value is -1.77. The van der Waals surface area contributed by atoms with Crippen LogP contribution in [-0.2, 0) is 6.42 Å². The highest BCUT2D eigenvalue weighted by molar-refractivity contribution is 9.10. The van der Waals surface area contributed by atoms with Crippen molar-refractivity contribution >= 4 is 15.9 Å². The van der Waals surface area contributed by atoms with Crippen LogP contribution in [0, 0.1) is 29.4 Å². The summed E-state index contributed by atoms with van der Waals surface area (Å²) >= 11 is 3.41. The minimum Gasteiger partial charge on any atom is -0.322 e. The predicted octanol–water partition coefficient (Wildman–Crippen LogP) is 4.37. The lowest BCUT2D eigenvalue weighted by Crippen LogP contribution is -2.16. The highest BCUT2D eigenvalue weighted by Crippen LogP contribution is 2.23. The van der Waals surface area contributed by atoms with Crippen molar-refractivity contribution in [2.45, 2.75) is 26.3 Å². The van der Waals surface area contributed by atoms with Gasteiger partial charge >= 0.3 is 0 Å². The minimum atomic E-state index is -0.615. The van der Waals surface area contributed by atoms with Gasteiger partial charge < -0.3 is 5.73 Å². The molecule has 1 aromatic carbocycles. The molecule has 2 N–H and O–H groups in total. The molecule has 1 aromatic heterocycles. The van der Waals surface area contributed by atoms with Crippen LogP contribution >= 0.6 is 15.9 Å². The van der Waals surface area contributed by atoms with Gasteiger partial charge in [0.25, 0.3) is 0 Å². The quantitative estimate of drug-likeness (QED) is 0.805. The van der Waals surface area contributed by atoms with Crippen molar-refractivity contribution < 1.29 is 8.78 Å². The fourth-order valence-electron chi connectivity index (χ4n) is 2.09. The van der Waals surface area contributed by atoms with E-state index in [2.05, 4.69) is 32.8 Å². The highest BCUT2D eigenvalue weighted by atomic mass is 79.9. The SMILES string of the molecule is CC(C)C#Cc1ccc(Br)c(C(N)Cc2cc(F)cc(F)c2)n1. The van der Waals surface area contributed by atoms with Crippen molar-refractivity contribution in [3.8, 4) is 11.8 Å². The van der Waals surface area contributed by atoms with Crippen LogP contribution in [-0.4, -0.2) is 4.98 Å². The third kappa shape index (κ3) is 5.12. The molecular weight excluding hydrogens is 362 g/mol. The molecule has 0 amide bonds. The molecule has 2 aromatic rings. The van der Waals surface area contributed by atoms with Gasteiger partial charge in [0.15, 0.2) is 0 Å². The Kier molecular flexibility index (Phi) is 5.86. The summed E-state index contributed by atoms with van der Waals surface area (Å²) in [6.07, 6.45) is 0.279. The number of aromatic nitrogens is 1. The van der Waals surface area contributed by atoms with Crippen LogP contribution in [0.3, 0.4) is 0 Å². The zero-order chi connectivity index (χ0) is 17.0. The Morgan fingerprint density at radius 2 is 1.83 bits per heavy atom. The van der Waals surface area contributed by atoms with Crippen molar-refractivity contribution in [2.75, 3.05) is 0 Å². The van der Waals surface area contributed by atoms with Crippen molar-refractivity contribution in [2.24, 2.45) is 11.7 Å². The number of nitrogens with two attached hydrogens (primary N) is 1. The average Bonchev–Trinajstić information content (AvgIpc) is 2.45. The lowest BCUT2D eigenvalue weighted by atomic mass is 10.0. The normalized spacial score (nSPS) is 12.0. The van der Waals surface area contributed by atoms with E-state index in [-0.39, 0.29) is 12.3 Å². The zero-order valence-electron chi connectivity index (χ0n) is 12.9. The van der Waals surface area contributed by atoms with Crippen molar-refractivity contribution in [1.82, 2.24) is 4.98 Å². The van der Waals surface area contributed by atoms with Gasteiger partial charge in [0, 0.05) is 16.5 Å². The molecule has 0 saturated heterocycles. The topological polar surface area (TPSA) is 38.9 Å². The Morgan fingerprint density at radius 3 is 2.43 bits per heavy atom. The summed E-state index contributed by atoms with van der Waals surface area (Å²) in [6, 6.07) is 6.53. The van der Waals surface area contributed by atoms with E-state index >= 15 is 0 Å². The Bertz CT molecular complexity index is 743. The Labute approximate surface area is 143 Å². The van der Waals surface area contributed by atoms with E-state index in [4.69, 9.17) is 5.73 Å². The fraction of sp³-hybridized carbons (Fsp3) is 0.278. The molecule has 5 heteroatoms. The van der Waals surface area contributed by atoms with Gasteiger partial charge in [-0.15, -0.1) is 0 Å². The van der Waals surface area contributed by atoms with Crippen LogP contribution in [0.2, 0.25) is 0 Å². The third-order valence-corrected chi connectivity index (χ3v) is 3.76. The van der Waals surface area contributed by atoms with Gasteiger partial charge in [-0.05, 0) is 58.1 Å². The molecule has 2 nitrogen and oxygen atoms in total. The standard InChI is InChI=1S/C18H17BrF2N2/c1-11(2)3-4-15-5-6-16(19)18(23-15)17(22)9-12-7-13(20)10-14(21)8-12/h5-8,10-11,17H,9,22H2,1-2H3. The predicted molar refractivity (Wildman–Crippen MR) is 90.6 cm³/mol. The molecule has 0 saturated carbocycles. The second kappa shape index (κ2) is 7.67. The monoisotopic (exact) mass is 378 g/mol.